The highest BCUT2D eigenvalue weighted by Crippen LogP contribution is 2.35. The summed E-state index contributed by atoms with van der Waals surface area (Å²) in [6.07, 6.45) is 5.60. The van der Waals surface area contributed by atoms with Crippen molar-refractivity contribution >= 4 is 54.3 Å². The molecule has 2 fully saturated rings. The summed E-state index contributed by atoms with van der Waals surface area (Å²) >= 11 is 8.19. The molecule has 0 aliphatic carbocycles. The second-order valence-electron chi connectivity index (χ2n) is 7.19. The molecule has 2 aliphatic rings. The molecular formula is C18H26Br2N4O4S. The molecule has 2 aliphatic heterocycles. The highest BCUT2D eigenvalue weighted by molar-refractivity contribution is 9.09. The summed E-state index contributed by atoms with van der Waals surface area (Å²) in [4.78, 5) is 14.7. The van der Waals surface area contributed by atoms with Crippen LogP contribution >= 0.6 is 43.2 Å². The van der Waals surface area contributed by atoms with Crippen molar-refractivity contribution in [1.82, 2.24) is 19.7 Å². The zero-order valence-corrected chi connectivity index (χ0v) is 20.3. The Balaban J connectivity index is 1.73. The quantitative estimate of drug-likeness (QED) is 0.152. The van der Waals surface area contributed by atoms with Gasteiger partial charge in [0.2, 0.25) is 0 Å². The summed E-state index contributed by atoms with van der Waals surface area (Å²) in [5, 5.41) is 24.2. The predicted molar refractivity (Wildman–Crippen MR) is 120 cm³/mol. The first-order valence-corrected chi connectivity index (χ1v) is 12.6. The average molecular weight is 554 g/mol. The Bertz CT molecular complexity index is 722. The maximum Gasteiger partial charge on any atom is 0.339 e. The topological polar surface area (TPSA) is 87.6 Å². The zero-order chi connectivity index (χ0) is 20.9. The van der Waals surface area contributed by atoms with Gasteiger partial charge in [-0.1, -0.05) is 49.1 Å². The van der Waals surface area contributed by atoms with Gasteiger partial charge in [-0.15, -0.1) is 5.10 Å². The number of aromatic nitrogens is 2. The Labute approximate surface area is 191 Å². The van der Waals surface area contributed by atoms with Crippen LogP contribution in [0.4, 0.5) is 5.13 Å². The molecule has 29 heavy (non-hydrogen) atoms. The van der Waals surface area contributed by atoms with Crippen molar-refractivity contribution in [3.8, 4) is 0 Å². The summed E-state index contributed by atoms with van der Waals surface area (Å²) in [5.74, 6) is -0.476. The zero-order valence-electron chi connectivity index (χ0n) is 16.3. The van der Waals surface area contributed by atoms with Crippen LogP contribution in [0.5, 0.6) is 0 Å². The number of alkyl halides is 2. The van der Waals surface area contributed by atoms with Crippen LogP contribution in [0.15, 0.2) is 12.2 Å². The standard InChI is InChI=1S/C18H26Br2N4O4S/c1-2-3-4-6-15-21-22-18(29-15)24(26)12-23(8-5-7-19)10-16(24)28-17(25)14-9-13(20)11-27-14/h2-3,13-14,16H,4-12H2,1H3. The number of hydrogen-bond acceptors (Lipinski definition) is 8. The Morgan fingerprint density at radius 2 is 2.34 bits per heavy atom. The number of hydrogen-bond donors (Lipinski definition) is 0. The number of hydroxylamine groups is 2. The molecule has 0 saturated carbocycles. The van der Waals surface area contributed by atoms with Gasteiger partial charge in [0, 0.05) is 23.1 Å². The number of halogens is 2. The van der Waals surface area contributed by atoms with Crippen LogP contribution < -0.4 is 4.65 Å². The SMILES string of the molecule is CC=CCCc1nnc([N+]2([O-])CN(CCCBr)CC2OC(=O)C2CC(Br)CO2)s1. The number of ether oxygens (including phenoxy) is 2. The lowest BCUT2D eigenvalue weighted by atomic mass is 10.2. The molecule has 0 spiro atoms. The van der Waals surface area contributed by atoms with Crippen molar-refractivity contribution in [3.05, 3.63) is 22.4 Å². The van der Waals surface area contributed by atoms with E-state index in [0.29, 0.717) is 24.7 Å². The predicted octanol–water partition coefficient (Wildman–Crippen LogP) is 3.33. The van der Waals surface area contributed by atoms with E-state index in [9.17, 15) is 10.0 Å². The third-order valence-corrected chi connectivity index (χ3v) is 7.19. The molecule has 4 unspecified atom stereocenters. The molecule has 0 bridgehead atoms. The van der Waals surface area contributed by atoms with Gasteiger partial charge in [-0.3, -0.25) is 4.65 Å². The summed E-state index contributed by atoms with van der Waals surface area (Å²) in [7, 11) is 0. The first-order valence-electron chi connectivity index (χ1n) is 9.73. The third-order valence-electron chi connectivity index (χ3n) is 4.90. The van der Waals surface area contributed by atoms with Gasteiger partial charge >= 0.3 is 11.1 Å². The van der Waals surface area contributed by atoms with Crippen LogP contribution in [0, 0.1) is 5.21 Å². The van der Waals surface area contributed by atoms with Crippen molar-refractivity contribution in [2.75, 3.05) is 31.7 Å². The van der Waals surface area contributed by atoms with Crippen LogP contribution in [0.1, 0.15) is 31.2 Å². The van der Waals surface area contributed by atoms with Crippen molar-refractivity contribution in [1.29, 1.82) is 0 Å². The van der Waals surface area contributed by atoms with Gasteiger partial charge in [0.1, 0.15) is 11.7 Å². The lowest BCUT2D eigenvalue weighted by Gasteiger charge is -2.38. The number of esters is 1. The van der Waals surface area contributed by atoms with Gasteiger partial charge in [0.25, 0.3) is 6.23 Å². The average Bonchev–Trinajstić information content (AvgIpc) is 3.41. The van der Waals surface area contributed by atoms with Gasteiger partial charge in [0.15, 0.2) is 6.10 Å². The fourth-order valence-electron chi connectivity index (χ4n) is 3.39. The number of allylic oxidation sites excluding steroid dienone is 2. The summed E-state index contributed by atoms with van der Waals surface area (Å²) in [6.45, 7) is 3.75. The third kappa shape index (κ3) is 5.84. The molecule has 1 aromatic heterocycles. The van der Waals surface area contributed by atoms with Crippen LogP contribution in [-0.4, -0.2) is 69.9 Å². The van der Waals surface area contributed by atoms with E-state index in [1.165, 1.54) is 11.3 Å². The van der Waals surface area contributed by atoms with Gasteiger partial charge < -0.3 is 14.7 Å². The monoisotopic (exact) mass is 552 g/mol. The Morgan fingerprint density at radius 1 is 1.52 bits per heavy atom. The molecule has 0 aromatic carbocycles. The Kier molecular flexibility index (Phi) is 8.61. The molecule has 0 N–H and O–H groups in total. The van der Waals surface area contributed by atoms with Crippen molar-refractivity contribution < 1.29 is 14.3 Å². The summed E-state index contributed by atoms with van der Waals surface area (Å²) in [5.41, 5.74) is 0. The molecule has 0 amide bonds. The lowest BCUT2D eigenvalue weighted by molar-refractivity contribution is -0.164. The number of aryl methyl sites for hydroxylation is 1. The molecular weight excluding hydrogens is 528 g/mol. The Hall–Kier alpha value is -0.430. The highest BCUT2D eigenvalue weighted by atomic mass is 79.9. The molecule has 4 atom stereocenters. The lowest BCUT2D eigenvalue weighted by Crippen LogP contribution is -2.51. The Morgan fingerprint density at radius 3 is 3.03 bits per heavy atom. The van der Waals surface area contributed by atoms with E-state index in [4.69, 9.17) is 9.47 Å². The summed E-state index contributed by atoms with van der Waals surface area (Å²) in [6, 6.07) is 0. The van der Waals surface area contributed by atoms with Gasteiger partial charge in [-0.2, -0.15) is 0 Å². The van der Waals surface area contributed by atoms with Gasteiger partial charge in [-0.25, -0.2) is 9.69 Å². The van der Waals surface area contributed by atoms with E-state index < -0.39 is 22.9 Å². The van der Waals surface area contributed by atoms with Crippen molar-refractivity contribution in [2.45, 2.75) is 49.8 Å². The largest absolute Gasteiger partial charge is 0.622 e. The van der Waals surface area contributed by atoms with E-state index in [1.807, 2.05) is 17.9 Å². The second-order valence-corrected chi connectivity index (χ2v) is 10.3. The second kappa shape index (κ2) is 10.7. The minimum Gasteiger partial charge on any atom is -0.622 e. The fraction of sp³-hybridized carbons (Fsp3) is 0.722. The molecule has 3 rings (SSSR count). The van der Waals surface area contributed by atoms with Gasteiger partial charge in [-0.05, 0) is 37.5 Å². The molecule has 1 aromatic rings. The maximum absolute atomic E-state index is 13.8. The highest BCUT2D eigenvalue weighted by Gasteiger charge is 2.47. The first-order chi connectivity index (χ1) is 14.0. The number of quaternary nitrogens is 1. The van der Waals surface area contributed by atoms with Crippen LogP contribution in [0.3, 0.4) is 0 Å². The van der Waals surface area contributed by atoms with E-state index in [0.717, 1.165) is 36.1 Å². The van der Waals surface area contributed by atoms with Crippen LogP contribution in [-0.2, 0) is 20.7 Å². The normalized spacial score (nSPS) is 30.4. The molecule has 162 valence electrons. The summed E-state index contributed by atoms with van der Waals surface area (Å²) < 4.78 is 10.4. The molecule has 0 radical (unpaired) electrons. The van der Waals surface area contributed by atoms with E-state index in [-0.39, 0.29) is 11.5 Å². The van der Waals surface area contributed by atoms with Crippen molar-refractivity contribution in [3.63, 3.8) is 0 Å². The maximum atomic E-state index is 13.8. The minimum atomic E-state index is -0.868. The number of carbonyl (C=O) groups is 1. The molecule has 3 heterocycles. The molecule has 11 heteroatoms. The molecule has 2 saturated heterocycles. The van der Waals surface area contributed by atoms with E-state index >= 15 is 0 Å². The van der Waals surface area contributed by atoms with Gasteiger partial charge in [0.05, 0.1) is 13.2 Å². The molecule has 8 nitrogen and oxygen atoms in total. The van der Waals surface area contributed by atoms with Crippen LogP contribution in [0.2, 0.25) is 0 Å². The number of carbonyl (C=O) groups excluding carboxylic acids is 1. The van der Waals surface area contributed by atoms with Crippen LogP contribution in [0.25, 0.3) is 0 Å². The fourth-order valence-corrected chi connectivity index (χ4v) is 5.05. The number of nitrogens with zero attached hydrogens (tertiary/aromatic N) is 4. The minimum absolute atomic E-state index is 0.133. The van der Waals surface area contributed by atoms with E-state index in [1.54, 1.807) is 0 Å². The number of rotatable bonds is 9. The first kappa shape index (κ1) is 23.2. The smallest absolute Gasteiger partial charge is 0.339 e. The van der Waals surface area contributed by atoms with E-state index in [2.05, 4.69) is 48.1 Å². The van der Waals surface area contributed by atoms with Crippen molar-refractivity contribution in [2.24, 2.45) is 0 Å².